The zero-order valence-electron chi connectivity index (χ0n) is 20.6. The molecule has 4 aromatic rings. The van der Waals surface area contributed by atoms with Gasteiger partial charge in [0.05, 0.1) is 6.21 Å². The number of rotatable bonds is 7. The highest BCUT2D eigenvalue weighted by molar-refractivity contribution is 5.91. The Hall–Kier alpha value is -3.96. The maximum Gasteiger partial charge on any atom is 0.281 e. The van der Waals surface area contributed by atoms with Crippen LogP contribution in [0.1, 0.15) is 53.4 Å². The molecule has 1 amide bonds. The quantitative estimate of drug-likeness (QED) is 0.275. The predicted molar refractivity (Wildman–Crippen MR) is 141 cm³/mol. The van der Waals surface area contributed by atoms with Crippen LogP contribution in [0, 0.1) is 13.8 Å². The largest absolute Gasteiger partial charge is 0.372 e. The molecular weight excluding hydrogens is 434 g/mol. The fraction of sp³-hybridized carbons (Fsp3) is 0.200. The summed E-state index contributed by atoms with van der Waals surface area (Å²) in [5.74, 6) is -0.142. The number of amides is 1. The van der Waals surface area contributed by atoms with E-state index >= 15 is 0 Å². The molecule has 2 N–H and O–H groups in total. The molecule has 0 aliphatic rings. The average Bonchev–Trinajstić information content (AvgIpc) is 3.17. The van der Waals surface area contributed by atoms with Crippen molar-refractivity contribution in [3.63, 3.8) is 0 Å². The second-order valence-electron chi connectivity index (χ2n) is 9.05. The van der Waals surface area contributed by atoms with Gasteiger partial charge in [-0.2, -0.15) is 5.10 Å². The zero-order chi connectivity index (χ0) is 25.0. The number of benzene rings is 3. The monoisotopic (exact) mass is 465 g/mol. The maximum absolute atomic E-state index is 13.2. The minimum atomic E-state index is -1.87. The van der Waals surface area contributed by atoms with Crippen molar-refractivity contribution in [1.29, 1.82) is 0 Å². The summed E-state index contributed by atoms with van der Waals surface area (Å²) in [6.07, 6.45) is 1.62. The number of carbonyl (C=O) groups excluding carboxylic acids is 1. The lowest BCUT2D eigenvalue weighted by atomic mass is 9.85. The van der Waals surface area contributed by atoms with Crippen LogP contribution in [0.25, 0.3) is 5.69 Å². The van der Waals surface area contributed by atoms with Gasteiger partial charge in [0.1, 0.15) is 0 Å². The number of hydrogen-bond acceptors (Lipinski definition) is 3. The predicted octanol–water partition coefficient (Wildman–Crippen LogP) is 5.60. The summed E-state index contributed by atoms with van der Waals surface area (Å²) in [4.78, 5) is 13.2. The maximum atomic E-state index is 13.2. The van der Waals surface area contributed by atoms with Gasteiger partial charge in [0, 0.05) is 22.6 Å². The molecule has 0 spiro atoms. The Morgan fingerprint density at radius 3 is 1.97 bits per heavy atom. The number of aliphatic hydroxyl groups is 1. The fourth-order valence-electron chi connectivity index (χ4n) is 4.35. The van der Waals surface area contributed by atoms with E-state index in [0.717, 1.165) is 22.6 Å². The molecule has 5 nitrogen and oxygen atoms in total. The molecular formula is C30H31N3O2. The molecule has 3 aromatic carbocycles. The van der Waals surface area contributed by atoms with E-state index in [-0.39, 0.29) is 0 Å². The van der Waals surface area contributed by atoms with E-state index in [2.05, 4.69) is 53.2 Å². The van der Waals surface area contributed by atoms with Crippen molar-refractivity contribution in [2.45, 2.75) is 39.2 Å². The van der Waals surface area contributed by atoms with Gasteiger partial charge in [0.2, 0.25) is 0 Å². The molecule has 35 heavy (non-hydrogen) atoms. The second-order valence-corrected chi connectivity index (χ2v) is 9.05. The van der Waals surface area contributed by atoms with Gasteiger partial charge in [-0.25, -0.2) is 5.43 Å². The third-order valence-electron chi connectivity index (χ3n) is 6.37. The van der Waals surface area contributed by atoms with Crippen molar-refractivity contribution in [3.05, 3.63) is 125 Å². The standard InChI is InChI=1S/C30H31N3O2/c1-21(2)24-15-17-28(18-16-24)33-22(3)19-25(23(33)4)20-31-32-29(34)30(35,26-11-7-5-8-12-26)27-13-9-6-10-14-27/h5-21,35H,1-4H3,(H,32,34)/b31-20+. The van der Waals surface area contributed by atoms with Crippen LogP contribution in [0.4, 0.5) is 0 Å². The summed E-state index contributed by atoms with van der Waals surface area (Å²) < 4.78 is 2.16. The van der Waals surface area contributed by atoms with Crippen LogP contribution < -0.4 is 5.43 Å². The summed E-state index contributed by atoms with van der Waals surface area (Å²) in [5, 5.41) is 15.7. The first-order chi connectivity index (χ1) is 16.8. The average molecular weight is 466 g/mol. The fourth-order valence-corrected chi connectivity index (χ4v) is 4.35. The first-order valence-corrected chi connectivity index (χ1v) is 11.8. The number of aromatic nitrogens is 1. The summed E-state index contributed by atoms with van der Waals surface area (Å²) in [6, 6.07) is 28.4. The minimum Gasteiger partial charge on any atom is -0.372 e. The van der Waals surface area contributed by atoms with Crippen molar-refractivity contribution >= 4 is 12.1 Å². The Bertz CT molecular complexity index is 1280. The lowest BCUT2D eigenvalue weighted by molar-refractivity contribution is -0.136. The molecule has 0 bridgehead atoms. The lowest BCUT2D eigenvalue weighted by Gasteiger charge is -2.27. The Labute approximate surface area is 206 Å². The van der Waals surface area contributed by atoms with Gasteiger partial charge in [-0.15, -0.1) is 0 Å². The van der Waals surface area contributed by atoms with E-state index in [0.29, 0.717) is 17.0 Å². The topological polar surface area (TPSA) is 66.6 Å². The number of carbonyl (C=O) groups is 1. The van der Waals surface area contributed by atoms with Crippen molar-refractivity contribution in [1.82, 2.24) is 9.99 Å². The van der Waals surface area contributed by atoms with Gasteiger partial charge >= 0.3 is 0 Å². The molecule has 0 atom stereocenters. The highest BCUT2D eigenvalue weighted by Gasteiger charge is 2.39. The Morgan fingerprint density at radius 2 is 1.46 bits per heavy atom. The van der Waals surface area contributed by atoms with Crippen LogP contribution in [-0.4, -0.2) is 21.8 Å². The second kappa shape index (κ2) is 10.1. The molecule has 4 rings (SSSR count). The molecule has 0 radical (unpaired) electrons. The van der Waals surface area contributed by atoms with E-state index in [4.69, 9.17) is 0 Å². The first-order valence-electron chi connectivity index (χ1n) is 11.8. The number of hydrogen-bond donors (Lipinski definition) is 2. The molecule has 0 fully saturated rings. The van der Waals surface area contributed by atoms with Crippen LogP contribution in [0.15, 0.2) is 96.1 Å². The molecule has 5 heteroatoms. The van der Waals surface area contributed by atoms with Gasteiger partial charge < -0.3 is 9.67 Å². The Kier molecular flexibility index (Phi) is 6.99. The highest BCUT2D eigenvalue weighted by atomic mass is 16.3. The minimum absolute atomic E-state index is 0.474. The van der Waals surface area contributed by atoms with Gasteiger partial charge in [0.15, 0.2) is 5.60 Å². The van der Waals surface area contributed by atoms with Crippen LogP contribution in [0.5, 0.6) is 0 Å². The Morgan fingerprint density at radius 1 is 0.914 bits per heavy atom. The van der Waals surface area contributed by atoms with Crippen LogP contribution in [-0.2, 0) is 10.4 Å². The molecule has 0 unspecified atom stereocenters. The van der Waals surface area contributed by atoms with Crippen molar-refractivity contribution in [2.75, 3.05) is 0 Å². The number of hydrazone groups is 1. The van der Waals surface area contributed by atoms with Gasteiger partial charge in [0.25, 0.3) is 5.91 Å². The van der Waals surface area contributed by atoms with Crippen molar-refractivity contribution in [3.8, 4) is 5.69 Å². The van der Waals surface area contributed by atoms with E-state index in [1.807, 2.05) is 32.0 Å². The highest BCUT2D eigenvalue weighted by Crippen LogP contribution is 2.30. The molecule has 178 valence electrons. The normalized spacial score (nSPS) is 11.8. The SMILES string of the molecule is Cc1cc(/C=N/NC(=O)C(O)(c2ccccc2)c2ccccc2)c(C)n1-c1ccc(C(C)C)cc1. The number of aryl methyl sites for hydroxylation is 1. The first kappa shape index (κ1) is 24.2. The number of nitrogens with one attached hydrogen (secondary N) is 1. The summed E-state index contributed by atoms with van der Waals surface area (Å²) in [7, 11) is 0. The van der Waals surface area contributed by atoms with Crippen molar-refractivity contribution in [2.24, 2.45) is 5.10 Å². The summed E-state index contributed by atoms with van der Waals surface area (Å²) in [6.45, 7) is 8.43. The summed E-state index contributed by atoms with van der Waals surface area (Å²) >= 11 is 0. The van der Waals surface area contributed by atoms with Crippen LogP contribution in [0.2, 0.25) is 0 Å². The van der Waals surface area contributed by atoms with Crippen molar-refractivity contribution < 1.29 is 9.90 Å². The van der Waals surface area contributed by atoms with Gasteiger partial charge in [-0.05, 0) is 54.7 Å². The molecule has 1 aromatic heterocycles. The smallest absolute Gasteiger partial charge is 0.281 e. The van der Waals surface area contributed by atoms with Crippen LogP contribution in [0.3, 0.4) is 0 Å². The molecule has 0 aliphatic carbocycles. The number of nitrogens with zero attached hydrogens (tertiary/aromatic N) is 2. The van der Waals surface area contributed by atoms with E-state index in [9.17, 15) is 9.90 Å². The van der Waals surface area contributed by atoms with E-state index < -0.39 is 11.5 Å². The molecule has 0 saturated heterocycles. The van der Waals surface area contributed by atoms with Crippen LogP contribution >= 0.6 is 0 Å². The molecule has 1 heterocycles. The zero-order valence-corrected chi connectivity index (χ0v) is 20.6. The third-order valence-corrected chi connectivity index (χ3v) is 6.37. The molecule has 0 saturated carbocycles. The van der Waals surface area contributed by atoms with E-state index in [1.54, 1.807) is 54.7 Å². The lowest BCUT2D eigenvalue weighted by Crippen LogP contribution is -2.43. The van der Waals surface area contributed by atoms with Gasteiger partial charge in [-0.3, -0.25) is 4.79 Å². The summed E-state index contributed by atoms with van der Waals surface area (Å²) in [5.41, 5.74) is 6.98. The Balaban J connectivity index is 1.59. The molecule has 0 aliphatic heterocycles. The van der Waals surface area contributed by atoms with E-state index in [1.165, 1.54) is 5.56 Å². The third kappa shape index (κ3) is 4.81. The van der Waals surface area contributed by atoms with Gasteiger partial charge in [-0.1, -0.05) is 86.6 Å².